The third kappa shape index (κ3) is 2.40. The number of nitrogens with zero attached hydrogens (tertiary/aromatic N) is 1. The fourth-order valence-electron chi connectivity index (χ4n) is 1.88. The van der Waals surface area contributed by atoms with Crippen molar-refractivity contribution in [1.29, 1.82) is 0 Å². The quantitative estimate of drug-likeness (QED) is 0.714. The van der Waals surface area contributed by atoms with E-state index in [-0.39, 0.29) is 13.0 Å². The Morgan fingerprint density at radius 1 is 1.27 bits per heavy atom. The largest absolute Gasteiger partial charge is 0.364 e. The predicted octanol–water partition coefficient (Wildman–Crippen LogP) is 3.58. The first-order valence-electron chi connectivity index (χ1n) is 4.96. The van der Waals surface area contributed by atoms with Crippen LogP contribution in [0.3, 0.4) is 0 Å². The molecule has 0 saturated carbocycles. The van der Waals surface area contributed by atoms with Gasteiger partial charge in [-0.05, 0) is 18.6 Å². The molecule has 0 amide bonds. The number of alkyl halides is 2. The van der Waals surface area contributed by atoms with E-state index in [0.717, 1.165) is 0 Å². The lowest BCUT2D eigenvalue weighted by atomic mass is 10.1. The van der Waals surface area contributed by atoms with Crippen LogP contribution in [0.2, 0.25) is 5.02 Å². The van der Waals surface area contributed by atoms with E-state index in [1.54, 1.807) is 23.1 Å². The van der Waals surface area contributed by atoms with Gasteiger partial charge in [-0.3, -0.25) is 0 Å². The first kappa shape index (κ1) is 10.7. The molecule has 0 aliphatic carbocycles. The standard InChI is InChI=1S/C11H12ClF2N/c12-9-4-1-2-5-10(9)15-7-3-6-11(13,14)8-15/h1-2,4-5H,3,6-8H2. The van der Waals surface area contributed by atoms with E-state index in [9.17, 15) is 8.78 Å². The van der Waals surface area contributed by atoms with Gasteiger partial charge in [-0.15, -0.1) is 0 Å². The fourth-order valence-corrected chi connectivity index (χ4v) is 2.13. The zero-order valence-electron chi connectivity index (χ0n) is 8.22. The summed E-state index contributed by atoms with van der Waals surface area (Å²) in [6, 6.07) is 7.12. The summed E-state index contributed by atoms with van der Waals surface area (Å²) in [5.41, 5.74) is 0.707. The third-order valence-corrected chi connectivity index (χ3v) is 2.91. The average Bonchev–Trinajstić information content (AvgIpc) is 2.17. The lowest BCUT2D eigenvalue weighted by Crippen LogP contribution is -2.42. The second-order valence-electron chi connectivity index (χ2n) is 3.83. The second kappa shape index (κ2) is 3.97. The van der Waals surface area contributed by atoms with Crippen molar-refractivity contribution >= 4 is 17.3 Å². The normalized spacial score (nSPS) is 20.3. The second-order valence-corrected chi connectivity index (χ2v) is 4.24. The van der Waals surface area contributed by atoms with Crippen LogP contribution < -0.4 is 4.90 Å². The van der Waals surface area contributed by atoms with Gasteiger partial charge < -0.3 is 4.90 Å². The molecule has 1 saturated heterocycles. The van der Waals surface area contributed by atoms with Crippen molar-refractivity contribution in [2.45, 2.75) is 18.8 Å². The summed E-state index contributed by atoms with van der Waals surface area (Å²) in [5, 5.41) is 0.537. The molecule has 82 valence electrons. The molecule has 0 atom stereocenters. The summed E-state index contributed by atoms with van der Waals surface area (Å²) in [4.78, 5) is 1.66. The van der Waals surface area contributed by atoms with Gasteiger partial charge >= 0.3 is 0 Å². The molecule has 2 rings (SSSR count). The molecule has 4 heteroatoms. The number of para-hydroxylation sites is 1. The number of anilines is 1. The lowest BCUT2D eigenvalue weighted by molar-refractivity contribution is -0.0116. The van der Waals surface area contributed by atoms with Gasteiger partial charge in [0.25, 0.3) is 5.92 Å². The van der Waals surface area contributed by atoms with Crippen molar-refractivity contribution in [2.24, 2.45) is 0 Å². The Labute approximate surface area is 92.6 Å². The minimum Gasteiger partial charge on any atom is -0.364 e. The first-order valence-corrected chi connectivity index (χ1v) is 5.34. The van der Waals surface area contributed by atoms with E-state index in [4.69, 9.17) is 11.6 Å². The van der Waals surface area contributed by atoms with Gasteiger partial charge in [-0.2, -0.15) is 0 Å². The zero-order valence-corrected chi connectivity index (χ0v) is 8.97. The highest BCUT2D eigenvalue weighted by atomic mass is 35.5. The van der Waals surface area contributed by atoms with Gasteiger partial charge in [-0.25, -0.2) is 8.78 Å². The molecule has 15 heavy (non-hydrogen) atoms. The van der Waals surface area contributed by atoms with Crippen molar-refractivity contribution in [2.75, 3.05) is 18.0 Å². The molecule has 1 aromatic carbocycles. The topological polar surface area (TPSA) is 3.24 Å². The van der Waals surface area contributed by atoms with Crippen LogP contribution in [0.25, 0.3) is 0 Å². The number of piperidine rings is 1. The van der Waals surface area contributed by atoms with Crippen LogP contribution in [0, 0.1) is 0 Å². The average molecular weight is 232 g/mol. The Balaban J connectivity index is 2.21. The van der Waals surface area contributed by atoms with Crippen LogP contribution in [0.15, 0.2) is 24.3 Å². The molecule has 1 nitrogen and oxygen atoms in total. The van der Waals surface area contributed by atoms with Crippen LogP contribution in [0.1, 0.15) is 12.8 Å². The summed E-state index contributed by atoms with van der Waals surface area (Å²) >= 11 is 5.96. The summed E-state index contributed by atoms with van der Waals surface area (Å²) in [6.07, 6.45) is 0.492. The predicted molar refractivity (Wildman–Crippen MR) is 57.8 cm³/mol. The van der Waals surface area contributed by atoms with E-state index in [2.05, 4.69) is 0 Å². The van der Waals surface area contributed by atoms with E-state index in [1.165, 1.54) is 0 Å². The van der Waals surface area contributed by atoms with Gasteiger partial charge in [0.15, 0.2) is 0 Å². The molecule has 1 fully saturated rings. The Hall–Kier alpha value is -0.830. The third-order valence-electron chi connectivity index (χ3n) is 2.59. The number of benzene rings is 1. The van der Waals surface area contributed by atoms with Crippen molar-refractivity contribution in [1.82, 2.24) is 0 Å². The molecule has 1 aliphatic rings. The van der Waals surface area contributed by atoms with Crippen molar-refractivity contribution < 1.29 is 8.78 Å². The maximum atomic E-state index is 13.2. The molecule has 1 heterocycles. The van der Waals surface area contributed by atoms with Crippen LogP contribution in [-0.2, 0) is 0 Å². The van der Waals surface area contributed by atoms with Gasteiger partial charge in [0, 0.05) is 13.0 Å². The molecule has 0 bridgehead atoms. The Morgan fingerprint density at radius 3 is 2.67 bits per heavy atom. The highest BCUT2D eigenvalue weighted by Crippen LogP contribution is 2.33. The molecule has 0 radical (unpaired) electrons. The summed E-state index contributed by atoms with van der Waals surface area (Å²) in [5.74, 6) is -2.59. The SMILES string of the molecule is FC1(F)CCCN(c2ccccc2Cl)C1. The van der Waals surface area contributed by atoms with Gasteiger partial charge in [0.05, 0.1) is 17.3 Å². The smallest absolute Gasteiger partial charge is 0.265 e. The number of rotatable bonds is 1. The minimum absolute atomic E-state index is 0.0199. The summed E-state index contributed by atoms with van der Waals surface area (Å²) in [7, 11) is 0. The van der Waals surface area contributed by atoms with Gasteiger partial charge in [0.1, 0.15) is 0 Å². The molecule has 1 aliphatic heterocycles. The van der Waals surface area contributed by atoms with Crippen molar-refractivity contribution in [3.8, 4) is 0 Å². The maximum Gasteiger partial charge on any atom is 0.265 e. The van der Waals surface area contributed by atoms with E-state index >= 15 is 0 Å². The van der Waals surface area contributed by atoms with Crippen LogP contribution in [0.5, 0.6) is 0 Å². The highest BCUT2D eigenvalue weighted by molar-refractivity contribution is 6.33. The first-order chi connectivity index (χ1) is 7.08. The maximum absolute atomic E-state index is 13.2. The molecule has 1 aromatic rings. The van der Waals surface area contributed by atoms with Crippen molar-refractivity contribution in [3.63, 3.8) is 0 Å². The monoisotopic (exact) mass is 231 g/mol. The van der Waals surface area contributed by atoms with Crippen LogP contribution in [-0.4, -0.2) is 19.0 Å². The Morgan fingerprint density at radius 2 is 2.00 bits per heavy atom. The van der Waals surface area contributed by atoms with Crippen LogP contribution >= 0.6 is 11.6 Å². The molecule has 0 N–H and O–H groups in total. The van der Waals surface area contributed by atoms with E-state index < -0.39 is 5.92 Å². The Kier molecular flexibility index (Phi) is 2.83. The lowest BCUT2D eigenvalue weighted by Gasteiger charge is -2.34. The van der Waals surface area contributed by atoms with Crippen molar-refractivity contribution in [3.05, 3.63) is 29.3 Å². The number of hydrogen-bond donors (Lipinski definition) is 0. The van der Waals surface area contributed by atoms with Gasteiger partial charge in [-0.1, -0.05) is 23.7 Å². The summed E-state index contributed by atoms with van der Waals surface area (Å²) < 4.78 is 26.4. The number of halogens is 3. The zero-order chi connectivity index (χ0) is 10.9. The molecule has 0 spiro atoms. The summed E-state index contributed by atoms with van der Waals surface area (Å²) in [6.45, 7) is 0.427. The minimum atomic E-state index is -2.59. The van der Waals surface area contributed by atoms with Crippen LogP contribution in [0.4, 0.5) is 14.5 Å². The molecule has 0 aromatic heterocycles. The highest BCUT2D eigenvalue weighted by Gasteiger charge is 2.35. The number of hydrogen-bond acceptors (Lipinski definition) is 1. The molecular weight excluding hydrogens is 220 g/mol. The van der Waals surface area contributed by atoms with E-state index in [1.807, 2.05) is 6.07 Å². The fraction of sp³-hybridized carbons (Fsp3) is 0.455. The Bertz CT molecular complexity index is 354. The van der Waals surface area contributed by atoms with E-state index in [0.29, 0.717) is 23.7 Å². The molecule has 0 unspecified atom stereocenters. The molecular formula is C11H12ClF2N. The van der Waals surface area contributed by atoms with Gasteiger partial charge in [0.2, 0.25) is 0 Å².